The molecule has 1 unspecified atom stereocenters. The van der Waals surface area contributed by atoms with E-state index in [-0.39, 0.29) is 18.5 Å². The van der Waals surface area contributed by atoms with E-state index in [1.165, 1.54) is 31.2 Å². The summed E-state index contributed by atoms with van der Waals surface area (Å²) < 4.78 is 5.75. The van der Waals surface area contributed by atoms with E-state index in [2.05, 4.69) is 36.6 Å². The predicted octanol–water partition coefficient (Wildman–Crippen LogP) is 5.33. The fraction of sp³-hybridized carbons (Fsp3) is 0.435. The number of carbonyl (C=O) groups excluding carboxylic acids is 1. The second kappa shape index (κ2) is 12.1. The molecular formula is C23H32N2O2. The first kappa shape index (κ1) is 21.0. The third-order valence-electron chi connectivity index (χ3n) is 4.52. The van der Waals surface area contributed by atoms with Crippen LogP contribution in [0.4, 0.5) is 5.69 Å². The van der Waals surface area contributed by atoms with Crippen LogP contribution in [0.25, 0.3) is 0 Å². The second-order valence-electron chi connectivity index (χ2n) is 6.85. The SMILES string of the molecule is CCCCCCCOc1ccc(NC(=O)CNC(C)c2ccccc2)cc1. The van der Waals surface area contributed by atoms with Crippen LogP contribution in [0.3, 0.4) is 0 Å². The van der Waals surface area contributed by atoms with Crippen molar-refractivity contribution in [2.24, 2.45) is 0 Å². The average molecular weight is 369 g/mol. The molecule has 4 heteroatoms. The topological polar surface area (TPSA) is 50.4 Å². The predicted molar refractivity (Wildman–Crippen MR) is 112 cm³/mol. The van der Waals surface area contributed by atoms with Crippen LogP contribution in [-0.4, -0.2) is 19.1 Å². The van der Waals surface area contributed by atoms with Gasteiger partial charge < -0.3 is 15.4 Å². The van der Waals surface area contributed by atoms with Gasteiger partial charge in [-0.1, -0.05) is 62.9 Å². The number of ether oxygens (including phenoxy) is 1. The van der Waals surface area contributed by atoms with Crippen LogP contribution in [0.2, 0.25) is 0 Å². The third kappa shape index (κ3) is 8.27. The summed E-state index contributed by atoms with van der Waals surface area (Å²) in [7, 11) is 0. The molecule has 146 valence electrons. The van der Waals surface area contributed by atoms with Gasteiger partial charge in [-0.2, -0.15) is 0 Å². The molecule has 2 aromatic rings. The van der Waals surface area contributed by atoms with Crippen LogP contribution in [0.15, 0.2) is 54.6 Å². The Morgan fingerprint density at radius 3 is 2.37 bits per heavy atom. The molecule has 0 radical (unpaired) electrons. The average Bonchev–Trinajstić information content (AvgIpc) is 2.70. The quantitative estimate of drug-likeness (QED) is 0.498. The molecule has 1 amide bonds. The van der Waals surface area contributed by atoms with Crippen LogP contribution < -0.4 is 15.4 Å². The van der Waals surface area contributed by atoms with Gasteiger partial charge in [0.25, 0.3) is 0 Å². The monoisotopic (exact) mass is 368 g/mol. The second-order valence-corrected chi connectivity index (χ2v) is 6.85. The molecule has 0 aliphatic rings. The Hall–Kier alpha value is -2.33. The first-order valence-corrected chi connectivity index (χ1v) is 10.00. The number of rotatable bonds is 12. The number of anilines is 1. The molecule has 0 fully saturated rings. The van der Waals surface area contributed by atoms with Gasteiger partial charge in [-0.3, -0.25) is 4.79 Å². The minimum absolute atomic E-state index is 0.0534. The van der Waals surface area contributed by atoms with Gasteiger partial charge in [-0.15, -0.1) is 0 Å². The van der Waals surface area contributed by atoms with Gasteiger partial charge in [0.05, 0.1) is 13.2 Å². The van der Waals surface area contributed by atoms with Crippen LogP contribution >= 0.6 is 0 Å². The first-order chi connectivity index (χ1) is 13.2. The summed E-state index contributed by atoms with van der Waals surface area (Å²) >= 11 is 0. The number of carbonyl (C=O) groups is 1. The molecule has 2 N–H and O–H groups in total. The molecule has 4 nitrogen and oxygen atoms in total. The highest BCUT2D eigenvalue weighted by Crippen LogP contribution is 2.16. The number of hydrogen-bond acceptors (Lipinski definition) is 3. The van der Waals surface area contributed by atoms with E-state index in [1.807, 2.05) is 42.5 Å². The van der Waals surface area contributed by atoms with E-state index in [0.717, 1.165) is 24.5 Å². The van der Waals surface area contributed by atoms with Crippen LogP contribution in [0, 0.1) is 0 Å². The van der Waals surface area contributed by atoms with Crippen LogP contribution in [0.5, 0.6) is 5.75 Å². The third-order valence-corrected chi connectivity index (χ3v) is 4.52. The molecule has 0 saturated heterocycles. The fourth-order valence-electron chi connectivity index (χ4n) is 2.84. The minimum atomic E-state index is -0.0534. The largest absolute Gasteiger partial charge is 0.494 e. The molecule has 0 aliphatic carbocycles. The van der Waals surface area contributed by atoms with Gasteiger partial charge in [0.2, 0.25) is 5.91 Å². The molecule has 0 bridgehead atoms. The highest BCUT2D eigenvalue weighted by Gasteiger charge is 2.07. The maximum absolute atomic E-state index is 12.1. The summed E-state index contributed by atoms with van der Waals surface area (Å²) in [6.45, 7) is 5.29. The van der Waals surface area contributed by atoms with Crippen molar-refractivity contribution in [1.29, 1.82) is 0 Å². The fourth-order valence-corrected chi connectivity index (χ4v) is 2.84. The Morgan fingerprint density at radius 2 is 1.67 bits per heavy atom. The van der Waals surface area contributed by atoms with Crippen molar-refractivity contribution in [3.05, 3.63) is 60.2 Å². The van der Waals surface area contributed by atoms with Gasteiger partial charge in [0.15, 0.2) is 0 Å². The van der Waals surface area contributed by atoms with Crippen molar-refractivity contribution in [3.63, 3.8) is 0 Å². The van der Waals surface area contributed by atoms with Gasteiger partial charge in [-0.25, -0.2) is 0 Å². The summed E-state index contributed by atoms with van der Waals surface area (Å²) in [5.41, 5.74) is 1.95. The van der Waals surface area contributed by atoms with E-state index in [9.17, 15) is 4.79 Å². The van der Waals surface area contributed by atoms with Crippen LogP contribution in [-0.2, 0) is 4.79 Å². The van der Waals surface area contributed by atoms with E-state index in [1.54, 1.807) is 0 Å². The number of hydrogen-bond donors (Lipinski definition) is 2. The molecule has 27 heavy (non-hydrogen) atoms. The highest BCUT2D eigenvalue weighted by molar-refractivity contribution is 5.92. The number of benzene rings is 2. The van der Waals surface area contributed by atoms with Gasteiger partial charge in [0, 0.05) is 11.7 Å². The maximum atomic E-state index is 12.1. The normalized spacial score (nSPS) is 11.8. The van der Waals surface area contributed by atoms with Crippen molar-refractivity contribution in [2.45, 2.75) is 52.0 Å². The lowest BCUT2D eigenvalue weighted by Crippen LogP contribution is -2.30. The Kier molecular flexibility index (Phi) is 9.42. The number of unbranched alkanes of at least 4 members (excludes halogenated alkanes) is 4. The van der Waals surface area contributed by atoms with E-state index in [4.69, 9.17) is 4.74 Å². The van der Waals surface area contributed by atoms with Gasteiger partial charge >= 0.3 is 0 Å². The van der Waals surface area contributed by atoms with Crippen LogP contribution in [0.1, 0.15) is 57.6 Å². The lowest BCUT2D eigenvalue weighted by molar-refractivity contribution is -0.115. The number of amides is 1. The van der Waals surface area contributed by atoms with E-state index < -0.39 is 0 Å². The molecule has 2 rings (SSSR count). The highest BCUT2D eigenvalue weighted by atomic mass is 16.5. The summed E-state index contributed by atoms with van der Waals surface area (Å²) in [5, 5.41) is 6.15. The summed E-state index contributed by atoms with van der Waals surface area (Å²) in [4.78, 5) is 12.1. The Labute approximate surface area is 163 Å². The zero-order valence-corrected chi connectivity index (χ0v) is 16.5. The molecule has 0 spiro atoms. The van der Waals surface area contributed by atoms with Crippen molar-refractivity contribution < 1.29 is 9.53 Å². The lowest BCUT2D eigenvalue weighted by Gasteiger charge is -2.14. The summed E-state index contributed by atoms with van der Waals surface area (Å²) in [6.07, 6.45) is 6.14. The summed E-state index contributed by atoms with van der Waals surface area (Å²) in [5.74, 6) is 0.793. The van der Waals surface area contributed by atoms with Crippen molar-refractivity contribution in [2.75, 3.05) is 18.5 Å². The maximum Gasteiger partial charge on any atom is 0.238 e. The summed E-state index contributed by atoms with van der Waals surface area (Å²) in [6, 6.07) is 17.8. The molecule has 1 atom stereocenters. The smallest absolute Gasteiger partial charge is 0.238 e. The van der Waals surface area contributed by atoms with Gasteiger partial charge in [0.1, 0.15) is 5.75 Å². The van der Waals surface area contributed by atoms with Crippen molar-refractivity contribution >= 4 is 11.6 Å². The van der Waals surface area contributed by atoms with Crippen molar-refractivity contribution in [1.82, 2.24) is 5.32 Å². The Morgan fingerprint density at radius 1 is 0.963 bits per heavy atom. The zero-order chi connectivity index (χ0) is 19.3. The molecular weight excluding hydrogens is 336 g/mol. The van der Waals surface area contributed by atoms with E-state index >= 15 is 0 Å². The Balaban J connectivity index is 1.67. The van der Waals surface area contributed by atoms with Gasteiger partial charge in [-0.05, 0) is 43.2 Å². The lowest BCUT2D eigenvalue weighted by atomic mass is 10.1. The molecule has 0 aliphatic heterocycles. The van der Waals surface area contributed by atoms with E-state index in [0.29, 0.717) is 0 Å². The zero-order valence-electron chi connectivity index (χ0n) is 16.5. The van der Waals surface area contributed by atoms with Crippen molar-refractivity contribution in [3.8, 4) is 5.75 Å². The molecule has 0 heterocycles. The number of nitrogens with one attached hydrogen (secondary N) is 2. The molecule has 0 aromatic heterocycles. The Bertz CT molecular complexity index is 656. The standard InChI is InChI=1S/C23H32N2O2/c1-3-4-5-6-10-17-27-22-15-13-21(14-16-22)25-23(26)18-24-19(2)20-11-8-7-9-12-20/h7-9,11-16,19,24H,3-6,10,17-18H2,1-2H3,(H,25,26). The minimum Gasteiger partial charge on any atom is -0.494 e. The molecule has 2 aromatic carbocycles. The molecule has 0 saturated carbocycles. The first-order valence-electron chi connectivity index (χ1n) is 10.00.